The number of allylic oxidation sites excluding steroid dienone is 1. The van der Waals surface area contributed by atoms with E-state index in [1.54, 1.807) is 30.3 Å². The SMILES string of the molecule is COc1cc(/C=C/C(=O)c2ccccc2F)ccc1OCC#N. The number of ketones is 1. The number of methoxy groups -OCH3 is 1. The zero-order valence-corrected chi connectivity index (χ0v) is 12.5. The topological polar surface area (TPSA) is 59.3 Å². The summed E-state index contributed by atoms with van der Waals surface area (Å²) in [5.41, 5.74) is 0.709. The second kappa shape index (κ2) is 7.76. The Morgan fingerprint density at radius 3 is 2.74 bits per heavy atom. The number of hydrogen-bond donors (Lipinski definition) is 0. The number of ether oxygens (including phenoxy) is 2. The molecule has 0 aliphatic rings. The van der Waals surface area contributed by atoms with Gasteiger partial charge in [0.15, 0.2) is 23.9 Å². The number of halogens is 1. The summed E-state index contributed by atoms with van der Waals surface area (Å²) in [4.78, 5) is 12.0. The summed E-state index contributed by atoms with van der Waals surface area (Å²) in [5.74, 6) is -0.0979. The molecule has 0 fully saturated rings. The lowest BCUT2D eigenvalue weighted by molar-refractivity contribution is 0.104. The minimum absolute atomic E-state index is 0.0182. The van der Waals surface area contributed by atoms with Crippen molar-refractivity contribution in [3.8, 4) is 17.6 Å². The van der Waals surface area contributed by atoms with Gasteiger partial charge in [-0.3, -0.25) is 4.79 Å². The van der Waals surface area contributed by atoms with E-state index >= 15 is 0 Å². The molecule has 0 saturated heterocycles. The summed E-state index contributed by atoms with van der Waals surface area (Å²) in [7, 11) is 1.48. The number of benzene rings is 2. The first-order chi connectivity index (χ1) is 11.2. The first kappa shape index (κ1) is 16.2. The first-order valence-electron chi connectivity index (χ1n) is 6.80. The maximum Gasteiger partial charge on any atom is 0.188 e. The second-order valence-electron chi connectivity index (χ2n) is 4.53. The van der Waals surface area contributed by atoms with E-state index in [0.29, 0.717) is 17.1 Å². The third kappa shape index (κ3) is 4.17. The molecule has 0 aromatic heterocycles. The Balaban J connectivity index is 2.18. The maximum atomic E-state index is 13.5. The van der Waals surface area contributed by atoms with E-state index in [0.717, 1.165) is 0 Å². The molecule has 2 aromatic rings. The van der Waals surface area contributed by atoms with Gasteiger partial charge < -0.3 is 9.47 Å². The van der Waals surface area contributed by atoms with Gasteiger partial charge in [-0.05, 0) is 35.9 Å². The first-order valence-corrected chi connectivity index (χ1v) is 6.80. The molecular formula is C18H14FNO3. The molecular weight excluding hydrogens is 297 g/mol. The standard InChI is InChI=1S/C18H14FNO3/c1-22-18-12-13(7-9-17(18)23-11-10-20)6-8-16(21)14-4-2-3-5-15(14)19/h2-9,12H,11H2,1H3/b8-6+. The number of carbonyl (C=O) groups is 1. The van der Waals surface area contributed by atoms with Crippen LogP contribution >= 0.6 is 0 Å². The van der Waals surface area contributed by atoms with Crippen molar-refractivity contribution in [2.24, 2.45) is 0 Å². The van der Waals surface area contributed by atoms with Crippen LogP contribution in [0.25, 0.3) is 6.08 Å². The summed E-state index contributed by atoms with van der Waals surface area (Å²) < 4.78 is 23.9. The number of rotatable bonds is 6. The summed E-state index contributed by atoms with van der Waals surface area (Å²) in [6.07, 6.45) is 2.86. The van der Waals surface area contributed by atoms with Crippen LogP contribution in [-0.2, 0) is 0 Å². The smallest absolute Gasteiger partial charge is 0.188 e. The predicted octanol–water partition coefficient (Wildman–Crippen LogP) is 3.63. The van der Waals surface area contributed by atoms with Gasteiger partial charge in [0.05, 0.1) is 12.7 Å². The van der Waals surface area contributed by atoms with Crippen molar-refractivity contribution in [2.45, 2.75) is 0 Å². The molecule has 0 heterocycles. The maximum absolute atomic E-state index is 13.5. The highest BCUT2D eigenvalue weighted by Crippen LogP contribution is 2.28. The van der Waals surface area contributed by atoms with E-state index in [2.05, 4.69) is 0 Å². The number of nitriles is 1. The fraction of sp³-hybridized carbons (Fsp3) is 0.111. The molecule has 0 amide bonds. The lowest BCUT2D eigenvalue weighted by atomic mass is 10.1. The van der Waals surface area contributed by atoms with Crippen molar-refractivity contribution < 1.29 is 18.7 Å². The van der Waals surface area contributed by atoms with Crippen LogP contribution in [0.1, 0.15) is 15.9 Å². The van der Waals surface area contributed by atoms with Gasteiger partial charge in [0, 0.05) is 0 Å². The highest BCUT2D eigenvalue weighted by atomic mass is 19.1. The van der Waals surface area contributed by atoms with Gasteiger partial charge in [0.25, 0.3) is 0 Å². The van der Waals surface area contributed by atoms with Gasteiger partial charge >= 0.3 is 0 Å². The monoisotopic (exact) mass is 311 g/mol. The van der Waals surface area contributed by atoms with Crippen LogP contribution in [0, 0.1) is 17.1 Å². The highest BCUT2D eigenvalue weighted by Gasteiger charge is 2.08. The van der Waals surface area contributed by atoms with Crippen LogP contribution < -0.4 is 9.47 Å². The molecule has 5 heteroatoms. The zero-order chi connectivity index (χ0) is 16.7. The van der Waals surface area contributed by atoms with Gasteiger partial charge in [-0.1, -0.05) is 24.3 Å². The summed E-state index contributed by atoms with van der Waals surface area (Å²) in [6, 6.07) is 12.7. The fourth-order valence-corrected chi connectivity index (χ4v) is 1.94. The van der Waals surface area contributed by atoms with Crippen molar-refractivity contribution in [1.29, 1.82) is 5.26 Å². The van der Waals surface area contributed by atoms with E-state index in [1.807, 2.05) is 6.07 Å². The molecule has 4 nitrogen and oxygen atoms in total. The normalized spacial score (nSPS) is 10.3. The molecule has 0 bridgehead atoms. The van der Waals surface area contributed by atoms with E-state index in [-0.39, 0.29) is 12.2 Å². The minimum Gasteiger partial charge on any atom is -0.493 e. The number of nitrogens with zero attached hydrogens (tertiary/aromatic N) is 1. The largest absolute Gasteiger partial charge is 0.493 e. The Morgan fingerprint density at radius 2 is 2.04 bits per heavy atom. The van der Waals surface area contributed by atoms with Crippen LogP contribution in [0.4, 0.5) is 4.39 Å². The predicted molar refractivity (Wildman–Crippen MR) is 83.9 cm³/mol. The van der Waals surface area contributed by atoms with Crippen LogP contribution in [0.3, 0.4) is 0 Å². The van der Waals surface area contributed by atoms with Crippen LogP contribution in [0.5, 0.6) is 11.5 Å². The molecule has 0 atom stereocenters. The Morgan fingerprint density at radius 1 is 1.26 bits per heavy atom. The van der Waals surface area contributed by atoms with Crippen molar-refractivity contribution >= 4 is 11.9 Å². The van der Waals surface area contributed by atoms with Gasteiger partial charge in [-0.15, -0.1) is 0 Å². The average molecular weight is 311 g/mol. The van der Waals surface area contributed by atoms with Crippen LogP contribution in [-0.4, -0.2) is 19.5 Å². The highest BCUT2D eigenvalue weighted by molar-refractivity contribution is 6.07. The van der Waals surface area contributed by atoms with E-state index in [9.17, 15) is 9.18 Å². The fourth-order valence-electron chi connectivity index (χ4n) is 1.94. The molecule has 0 radical (unpaired) electrons. The van der Waals surface area contributed by atoms with Gasteiger partial charge in [-0.25, -0.2) is 4.39 Å². The molecule has 0 N–H and O–H groups in total. The van der Waals surface area contributed by atoms with Crippen molar-refractivity contribution in [1.82, 2.24) is 0 Å². The third-order valence-corrected chi connectivity index (χ3v) is 3.05. The van der Waals surface area contributed by atoms with Crippen LogP contribution in [0.15, 0.2) is 48.5 Å². The zero-order valence-electron chi connectivity index (χ0n) is 12.5. The molecule has 2 aromatic carbocycles. The van der Waals surface area contributed by atoms with Gasteiger partial charge in [0.1, 0.15) is 11.9 Å². The summed E-state index contributed by atoms with van der Waals surface area (Å²) in [6.45, 7) is -0.0860. The summed E-state index contributed by atoms with van der Waals surface area (Å²) >= 11 is 0. The molecule has 0 saturated carbocycles. The summed E-state index contributed by atoms with van der Waals surface area (Å²) in [5, 5.41) is 8.53. The van der Waals surface area contributed by atoms with Crippen molar-refractivity contribution in [3.05, 3.63) is 65.5 Å². The minimum atomic E-state index is -0.556. The lowest BCUT2D eigenvalue weighted by Crippen LogP contribution is -1.98. The third-order valence-electron chi connectivity index (χ3n) is 3.05. The number of carbonyl (C=O) groups excluding carboxylic acids is 1. The Hall–Kier alpha value is -3.13. The van der Waals surface area contributed by atoms with E-state index in [1.165, 1.54) is 31.4 Å². The molecule has 116 valence electrons. The van der Waals surface area contributed by atoms with Crippen molar-refractivity contribution in [2.75, 3.05) is 13.7 Å². The molecule has 0 aliphatic carbocycles. The lowest BCUT2D eigenvalue weighted by Gasteiger charge is -2.08. The Bertz CT molecular complexity index is 778. The van der Waals surface area contributed by atoms with Gasteiger partial charge in [0.2, 0.25) is 0 Å². The second-order valence-corrected chi connectivity index (χ2v) is 4.53. The molecule has 23 heavy (non-hydrogen) atoms. The van der Waals surface area contributed by atoms with E-state index in [4.69, 9.17) is 14.7 Å². The average Bonchev–Trinajstić information content (AvgIpc) is 2.58. The molecule has 0 spiro atoms. The quantitative estimate of drug-likeness (QED) is 0.604. The Labute approximate surface area is 133 Å². The molecule has 0 aliphatic heterocycles. The van der Waals surface area contributed by atoms with Crippen molar-refractivity contribution in [3.63, 3.8) is 0 Å². The van der Waals surface area contributed by atoms with E-state index < -0.39 is 11.6 Å². The molecule has 2 rings (SSSR count). The van der Waals surface area contributed by atoms with Crippen LogP contribution in [0.2, 0.25) is 0 Å². The van der Waals surface area contributed by atoms with Gasteiger partial charge in [-0.2, -0.15) is 5.26 Å². The number of hydrogen-bond acceptors (Lipinski definition) is 4. The Kier molecular flexibility index (Phi) is 5.48. The molecule has 0 unspecified atom stereocenters.